The Balaban J connectivity index is 1.64. The van der Waals surface area contributed by atoms with Gasteiger partial charge < -0.3 is 14.9 Å². The number of hydrogen-bond acceptors (Lipinski definition) is 4. The van der Waals surface area contributed by atoms with Crippen LogP contribution in [0.5, 0.6) is 0 Å². The molecule has 0 aromatic carbocycles. The molecule has 0 radical (unpaired) electrons. The minimum absolute atomic E-state index is 0.0290. The Labute approximate surface area is 150 Å². The van der Waals surface area contributed by atoms with E-state index in [0.29, 0.717) is 11.8 Å². The van der Waals surface area contributed by atoms with Crippen LogP contribution < -0.4 is 0 Å². The lowest BCUT2D eigenvalue weighted by Gasteiger charge is -2.58. The summed E-state index contributed by atoms with van der Waals surface area (Å²) in [6, 6.07) is 0. The number of aliphatic hydroxyl groups is 2. The smallest absolute Gasteiger partial charge is 0.302 e. The van der Waals surface area contributed by atoms with Gasteiger partial charge in [0.1, 0.15) is 6.10 Å². The molecule has 4 rings (SSSR count). The van der Waals surface area contributed by atoms with Gasteiger partial charge in [0.25, 0.3) is 0 Å². The van der Waals surface area contributed by atoms with E-state index in [1.165, 1.54) is 12.5 Å². The summed E-state index contributed by atoms with van der Waals surface area (Å²) in [5.41, 5.74) is 1.37. The Morgan fingerprint density at radius 1 is 1.12 bits per heavy atom. The Morgan fingerprint density at radius 3 is 2.60 bits per heavy atom. The molecule has 0 aromatic heterocycles. The van der Waals surface area contributed by atoms with Crippen LogP contribution in [-0.4, -0.2) is 34.5 Å². The van der Waals surface area contributed by atoms with Crippen LogP contribution in [0.4, 0.5) is 0 Å². The molecule has 0 aliphatic heterocycles. The Morgan fingerprint density at radius 2 is 1.88 bits per heavy atom. The van der Waals surface area contributed by atoms with Crippen molar-refractivity contribution in [2.45, 2.75) is 84.0 Å². The van der Waals surface area contributed by atoms with Crippen LogP contribution in [0.25, 0.3) is 0 Å². The number of hydrogen-bond donors (Lipinski definition) is 2. The van der Waals surface area contributed by atoms with E-state index in [2.05, 4.69) is 19.9 Å². The van der Waals surface area contributed by atoms with Crippen molar-refractivity contribution in [2.75, 3.05) is 0 Å². The van der Waals surface area contributed by atoms with Crippen LogP contribution in [0.15, 0.2) is 11.6 Å². The lowest BCUT2D eigenvalue weighted by Crippen LogP contribution is -2.55. The van der Waals surface area contributed by atoms with Crippen LogP contribution in [0.1, 0.15) is 65.7 Å². The molecule has 0 spiro atoms. The second-order valence-corrected chi connectivity index (χ2v) is 9.50. The summed E-state index contributed by atoms with van der Waals surface area (Å²) in [4.78, 5) is 11.3. The van der Waals surface area contributed by atoms with Gasteiger partial charge in [0.15, 0.2) is 0 Å². The fraction of sp³-hybridized carbons (Fsp3) is 0.857. The van der Waals surface area contributed by atoms with Crippen LogP contribution in [0.3, 0.4) is 0 Å². The molecule has 0 bridgehead atoms. The zero-order valence-corrected chi connectivity index (χ0v) is 15.7. The van der Waals surface area contributed by atoms with Gasteiger partial charge in [0.05, 0.1) is 12.2 Å². The Kier molecular flexibility index (Phi) is 4.08. The number of esters is 1. The monoisotopic (exact) mass is 348 g/mol. The molecular weight excluding hydrogens is 316 g/mol. The second kappa shape index (κ2) is 5.82. The molecule has 3 saturated carbocycles. The molecule has 25 heavy (non-hydrogen) atoms. The minimum atomic E-state index is -0.431. The van der Waals surface area contributed by atoms with Gasteiger partial charge in [-0.25, -0.2) is 0 Å². The van der Waals surface area contributed by atoms with Gasteiger partial charge in [-0.1, -0.05) is 25.5 Å². The summed E-state index contributed by atoms with van der Waals surface area (Å²) >= 11 is 0. The van der Waals surface area contributed by atoms with Crippen LogP contribution in [0, 0.1) is 28.6 Å². The van der Waals surface area contributed by atoms with E-state index in [0.717, 1.165) is 44.9 Å². The Bertz CT molecular complexity index is 599. The van der Waals surface area contributed by atoms with Crippen LogP contribution >= 0.6 is 0 Å². The number of aliphatic hydroxyl groups excluding tert-OH is 2. The molecule has 4 nitrogen and oxygen atoms in total. The number of carbonyl (C=O) groups excluding carboxylic acids is 1. The SMILES string of the molecule is CC(=O)OC1CC[C@@]2(C)C(=CC(O)[C@@H]3[C@@H]2CC[C@]2(C)C(O)CC[C@@H]32)C1. The summed E-state index contributed by atoms with van der Waals surface area (Å²) < 4.78 is 5.46. The van der Waals surface area contributed by atoms with E-state index in [4.69, 9.17) is 4.74 Å². The molecule has 0 aromatic rings. The highest BCUT2D eigenvalue weighted by molar-refractivity contribution is 5.66. The molecule has 2 N–H and O–H groups in total. The van der Waals surface area contributed by atoms with Gasteiger partial charge in [-0.2, -0.15) is 0 Å². The third kappa shape index (κ3) is 2.51. The number of fused-ring (bicyclic) bond motifs is 5. The van der Waals surface area contributed by atoms with Crippen molar-refractivity contribution >= 4 is 5.97 Å². The first-order chi connectivity index (χ1) is 11.8. The van der Waals surface area contributed by atoms with Crippen molar-refractivity contribution in [1.29, 1.82) is 0 Å². The number of rotatable bonds is 1. The van der Waals surface area contributed by atoms with Crippen molar-refractivity contribution in [3.05, 3.63) is 11.6 Å². The van der Waals surface area contributed by atoms with E-state index in [1.54, 1.807) is 0 Å². The van der Waals surface area contributed by atoms with E-state index in [9.17, 15) is 15.0 Å². The van der Waals surface area contributed by atoms with Gasteiger partial charge >= 0.3 is 5.97 Å². The van der Waals surface area contributed by atoms with E-state index in [-0.39, 0.29) is 34.9 Å². The Hall–Kier alpha value is -0.870. The molecular formula is C21H32O4. The van der Waals surface area contributed by atoms with E-state index in [1.807, 2.05) is 0 Å². The van der Waals surface area contributed by atoms with Crippen molar-refractivity contribution in [1.82, 2.24) is 0 Å². The number of ether oxygens (including phenoxy) is 1. The minimum Gasteiger partial charge on any atom is -0.462 e. The summed E-state index contributed by atoms with van der Waals surface area (Å²) in [7, 11) is 0. The molecule has 0 saturated heterocycles. The molecule has 4 heteroatoms. The quantitative estimate of drug-likeness (QED) is 0.564. The first kappa shape index (κ1) is 17.5. The first-order valence-electron chi connectivity index (χ1n) is 10.0. The molecule has 0 heterocycles. The van der Waals surface area contributed by atoms with E-state index < -0.39 is 6.10 Å². The fourth-order valence-corrected chi connectivity index (χ4v) is 6.92. The van der Waals surface area contributed by atoms with E-state index >= 15 is 0 Å². The topological polar surface area (TPSA) is 66.8 Å². The predicted molar refractivity (Wildman–Crippen MR) is 94.7 cm³/mol. The van der Waals surface area contributed by atoms with Gasteiger partial charge in [-0.05, 0) is 67.1 Å². The molecule has 3 unspecified atom stereocenters. The first-order valence-corrected chi connectivity index (χ1v) is 10.0. The second-order valence-electron chi connectivity index (χ2n) is 9.50. The zero-order chi connectivity index (χ0) is 18.0. The summed E-state index contributed by atoms with van der Waals surface area (Å²) in [5.74, 6) is 0.938. The lowest BCUT2D eigenvalue weighted by molar-refractivity contribution is -0.149. The van der Waals surface area contributed by atoms with Gasteiger partial charge in [0.2, 0.25) is 0 Å². The lowest BCUT2D eigenvalue weighted by atomic mass is 9.47. The maximum atomic E-state index is 11.3. The summed E-state index contributed by atoms with van der Waals surface area (Å²) in [6.07, 6.45) is 8.14. The maximum Gasteiger partial charge on any atom is 0.302 e. The highest BCUT2D eigenvalue weighted by Crippen LogP contribution is 2.64. The molecule has 0 amide bonds. The van der Waals surface area contributed by atoms with Gasteiger partial charge in [-0.3, -0.25) is 4.79 Å². The summed E-state index contributed by atoms with van der Waals surface area (Å²) in [5, 5.41) is 21.5. The molecule has 140 valence electrons. The average Bonchev–Trinajstić information content (AvgIpc) is 2.84. The predicted octanol–water partition coefficient (Wildman–Crippen LogP) is 3.21. The molecule has 3 fully saturated rings. The largest absolute Gasteiger partial charge is 0.462 e. The highest BCUT2D eigenvalue weighted by Gasteiger charge is 2.60. The van der Waals surface area contributed by atoms with Crippen LogP contribution in [-0.2, 0) is 9.53 Å². The average molecular weight is 348 g/mol. The van der Waals surface area contributed by atoms with Gasteiger partial charge in [0, 0.05) is 13.3 Å². The van der Waals surface area contributed by atoms with Crippen molar-refractivity contribution < 1.29 is 19.7 Å². The molecule has 8 atom stereocenters. The highest BCUT2D eigenvalue weighted by atomic mass is 16.5. The van der Waals surface area contributed by atoms with Gasteiger partial charge in [-0.15, -0.1) is 0 Å². The third-order valence-corrected chi connectivity index (χ3v) is 8.37. The molecule has 4 aliphatic carbocycles. The standard InChI is InChI=1S/C21H32O4/c1-12(22)25-14-6-8-20(2)13(10-14)11-17(23)19-15-4-5-18(24)21(15,3)9-7-16(19)20/h11,14-19,23-24H,4-10H2,1-3H3/t14?,15-,16-,17?,18?,19-,20-,21-/m0/s1. The zero-order valence-electron chi connectivity index (χ0n) is 15.7. The maximum absolute atomic E-state index is 11.3. The molecule has 4 aliphatic rings. The van der Waals surface area contributed by atoms with Crippen molar-refractivity contribution in [2.24, 2.45) is 28.6 Å². The number of carbonyl (C=O) groups is 1. The van der Waals surface area contributed by atoms with Crippen molar-refractivity contribution in [3.8, 4) is 0 Å². The normalized spacial score (nSPS) is 51.8. The fourth-order valence-electron chi connectivity index (χ4n) is 6.92. The summed E-state index contributed by atoms with van der Waals surface area (Å²) in [6.45, 7) is 6.07. The van der Waals surface area contributed by atoms with Crippen LogP contribution in [0.2, 0.25) is 0 Å². The van der Waals surface area contributed by atoms with Crippen molar-refractivity contribution in [3.63, 3.8) is 0 Å². The third-order valence-electron chi connectivity index (χ3n) is 8.37.